The fourth-order valence-electron chi connectivity index (χ4n) is 1.41. The van der Waals surface area contributed by atoms with E-state index < -0.39 is 0 Å². The van der Waals surface area contributed by atoms with E-state index >= 15 is 0 Å². The Morgan fingerprint density at radius 3 is 2.86 bits per heavy atom. The number of aromatic nitrogens is 2. The maximum Gasteiger partial charge on any atom is 0.134 e. The average molecular weight is 212 g/mol. The standard InChI is InChI=1S/C10H14ClN3/c1-3-9-13-8(11)5-10(14-9)12-7-4-6(7)2/h5-7H,3-4H2,1-2H3,(H,12,13,14). The third-order valence-corrected chi connectivity index (χ3v) is 2.69. The monoisotopic (exact) mass is 211 g/mol. The third kappa shape index (κ3) is 2.15. The molecule has 0 saturated heterocycles. The Morgan fingerprint density at radius 2 is 2.29 bits per heavy atom. The van der Waals surface area contributed by atoms with E-state index in [2.05, 4.69) is 22.2 Å². The summed E-state index contributed by atoms with van der Waals surface area (Å²) >= 11 is 5.88. The second-order valence-electron chi connectivity index (χ2n) is 3.81. The van der Waals surface area contributed by atoms with E-state index in [9.17, 15) is 0 Å². The second-order valence-corrected chi connectivity index (χ2v) is 4.20. The first-order valence-electron chi connectivity index (χ1n) is 4.99. The summed E-state index contributed by atoms with van der Waals surface area (Å²) in [5.74, 6) is 2.42. The summed E-state index contributed by atoms with van der Waals surface area (Å²) in [7, 11) is 0. The van der Waals surface area contributed by atoms with Gasteiger partial charge in [-0.2, -0.15) is 0 Å². The molecule has 0 bridgehead atoms. The van der Waals surface area contributed by atoms with Crippen LogP contribution in [-0.4, -0.2) is 16.0 Å². The molecule has 1 aliphatic rings. The number of rotatable bonds is 3. The molecule has 0 amide bonds. The molecule has 1 N–H and O–H groups in total. The molecule has 0 radical (unpaired) electrons. The smallest absolute Gasteiger partial charge is 0.134 e. The maximum absolute atomic E-state index is 5.88. The van der Waals surface area contributed by atoms with Crippen molar-refractivity contribution < 1.29 is 0 Å². The van der Waals surface area contributed by atoms with Crippen LogP contribution in [0.4, 0.5) is 5.82 Å². The minimum absolute atomic E-state index is 0.521. The molecule has 1 heterocycles. The van der Waals surface area contributed by atoms with E-state index in [1.807, 2.05) is 6.92 Å². The summed E-state index contributed by atoms with van der Waals surface area (Å²) in [5, 5.41) is 3.87. The van der Waals surface area contributed by atoms with Gasteiger partial charge in [-0.15, -0.1) is 0 Å². The van der Waals surface area contributed by atoms with Crippen molar-refractivity contribution in [3.63, 3.8) is 0 Å². The lowest BCUT2D eigenvalue weighted by molar-refractivity contribution is 0.901. The van der Waals surface area contributed by atoms with Crippen molar-refractivity contribution in [3.8, 4) is 0 Å². The highest BCUT2D eigenvalue weighted by Crippen LogP contribution is 2.32. The van der Waals surface area contributed by atoms with Crippen molar-refractivity contribution in [2.75, 3.05) is 5.32 Å². The molecule has 0 aromatic carbocycles. The van der Waals surface area contributed by atoms with Gasteiger partial charge in [0.25, 0.3) is 0 Å². The number of hydrogen-bond donors (Lipinski definition) is 1. The Labute approximate surface area is 88.9 Å². The molecule has 1 aromatic rings. The van der Waals surface area contributed by atoms with Crippen LogP contribution in [0.1, 0.15) is 26.1 Å². The van der Waals surface area contributed by atoms with Crippen molar-refractivity contribution >= 4 is 17.4 Å². The van der Waals surface area contributed by atoms with Crippen molar-refractivity contribution in [2.24, 2.45) is 5.92 Å². The van der Waals surface area contributed by atoms with Gasteiger partial charge in [-0.25, -0.2) is 9.97 Å². The quantitative estimate of drug-likeness (QED) is 0.781. The fourth-order valence-corrected chi connectivity index (χ4v) is 1.61. The Hall–Kier alpha value is -0.830. The molecule has 1 aliphatic carbocycles. The summed E-state index contributed by atoms with van der Waals surface area (Å²) in [4.78, 5) is 8.47. The van der Waals surface area contributed by atoms with Crippen LogP contribution in [0.2, 0.25) is 5.15 Å². The van der Waals surface area contributed by atoms with Crippen LogP contribution in [0.5, 0.6) is 0 Å². The second kappa shape index (κ2) is 3.73. The van der Waals surface area contributed by atoms with Crippen LogP contribution in [0.15, 0.2) is 6.07 Å². The van der Waals surface area contributed by atoms with Crippen LogP contribution in [-0.2, 0) is 6.42 Å². The molecular weight excluding hydrogens is 198 g/mol. The van der Waals surface area contributed by atoms with Crippen LogP contribution >= 0.6 is 11.6 Å². The molecule has 4 heteroatoms. The molecule has 0 spiro atoms. The zero-order valence-corrected chi connectivity index (χ0v) is 9.17. The van der Waals surface area contributed by atoms with E-state index in [1.54, 1.807) is 6.07 Å². The number of nitrogens with one attached hydrogen (secondary N) is 1. The van der Waals surface area contributed by atoms with Crippen LogP contribution in [0.3, 0.4) is 0 Å². The molecule has 1 saturated carbocycles. The van der Waals surface area contributed by atoms with Crippen molar-refractivity contribution in [3.05, 3.63) is 17.0 Å². The number of aryl methyl sites for hydroxylation is 1. The minimum Gasteiger partial charge on any atom is -0.367 e. The minimum atomic E-state index is 0.521. The lowest BCUT2D eigenvalue weighted by atomic mass is 10.4. The largest absolute Gasteiger partial charge is 0.367 e. The van der Waals surface area contributed by atoms with E-state index in [4.69, 9.17) is 11.6 Å². The summed E-state index contributed by atoms with van der Waals surface area (Å²) < 4.78 is 0. The van der Waals surface area contributed by atoms with Gasteiger partial charge in [-0.3, -0.25) is 0 Å². The summed E-state index contributed by atoms with van der Waals surface area (Å²) in [6, 6.07) is 2.36. The van der Waals surface area contributed by atoms with Crippen molar-refractivity contribution in [1.29, 1.82) is 0 Å². The van der Waals surface area contributed by atoms with E-state index in [0.717, 1.165) is 24.0 Å². The Morgan fingerprint density at radius 1 is 1.57 bits per heavy atom. The van der Waals surface area contributed by atoms with E-state index in [0.29, 0.717) is 11.2 Å². The van der Waals surface area contributed by atoms with Gasteiger partial charge in [0.1, 0.15) is 16.8 Å². The summed E-state index contributed by atoms with van der Waals surface area (Å²) in [6.45, 7) is 4.25. The Balaban J connectivity index is 2.12. The predicted octanol–water partition coefficient (Wildman–Crippen LogP) is 2.51. The Bertz CT molecular complexity index is 340. The average Bonchev–Trinajstić information content (AvgIpc) is 2.80. The number of halogens is 1. The molecule has 0 aliphatic heterocycles. The van der Waals surface area contributed by atoms with Gasteiger partial charge in [0, 0.05) is 18.5 Å². The van der Waals surface area contributed by atoms with Gasteiger partial charge in [-0.1, -0.05) is 25.4 Å². The maximum atomic E-state index is 5.88. The molecule has 2 unspecified atom stereocenters. The Kier molecular flexibility index (Phi) is 2.59. The van der Waals surface area contributed by atoms with Gasteiger partial charge < -0.3 is 5.32 Å². The molecule has 14 heavy (non-hydrogen) atoms. The fraction of sp³-hybridized carbons (Fsp3) is 0.600. The third-order valence-electron chi connectivity index (χ3n) is 2.50. The molecule has 1 aromatic heterocycles. The molecule has 76 valence electrons. The number of nitrogens with zero attached hydrogens (tertiary/aromatic N) is 2. The molecule has 2 atom stereocenters. The van der Waals surface area contributed by atoms with Gasteiger partial charge in [0.05, 0.1) is 0 Å². The summed E-state index contributed by atoms with van der Waals surface area (Å²) in [5.41, 5.74) is 0. The molecule has 2 rings (SSSR count). The normalized spacial score (nSPS) is 24.8. The van der Waals surface area contributed by atoms with E-state index in [-0.39, 0.29) is 0 Å². The van der Waals surface area contributed by atoms with Crippen LogP contribution in [0.25, 0.3) is 0 Å². The van der Waals surface area contributed by atoms with Crippen molar-refractivity contribution in [1.82, 2.24) is 9.97 Å². The number of hydrogen-bond acceptors (Lipinski definition) is 3. The van der Waals surface area contributed by atoms with Gasteiger partial charge in [-0.05, 0) is 12.3 Å². The van der Waals surface area contributed by atoms with Gasteiger partial charge in [0.2, 0.25) is 0 Å². The van der Waals surface area contributed by atoms with Gasteiger partial charge in [0.15, 0.2) is 0 Å². The predicted molar refractivity (Wildman–Crippen MR) is 57.6 cm³/mol. The SMILES string of the molecule is CCc1nc(Cl)cc(NC2CC2C)n1. The first-order valence-corrected chi connectivity index (χ1v) is 5.37. The lowest BCUT2D eigenvalue weighted by Crippen LogP contribution is -2.07. The molecule has 1 fully saturated rings. The van der Waals surface area contributed by atoms with Crippen LogP contribution in [0, 0.1) is 5.92 Å². The topological polar surface area (TPSA) is 37.8 Å². The molecule has 3 nitrogen and oxygen atoms in total. The first-order chi connectivity index (χ1) is 6.69. The van der Waals surface area contributed by atoms with Crippen molar-refractivity contribution in [2.45, 2.75) is 32.7 Å². The number of anilines is 1. The lowest BCUT2D eigenvalue weighted by Gasteiger charge is -2.05. The van der Waals surface area contributed by atoms with Gasteiger partial charge >= 0.3 is 0 Å². The molecular formula is C10H14ClN3. The van der Waals surface area contributed by atoms with E-state index in [1.165, 1.54) is 6.42 Å². The highest BCUT2D eigenvalue weighted by atomic mass is 35.5. The van der Waals surface area contributed by atoms with Crippen LogP contribution < -0.4 is 5.32 Å². The zero-order chi connectivity index (χ0) is 10.1. The highest BCUT2D eigenvalue weighted by molar-refractivity contribution is 6.29. The zero-order valence-electron chi connectivity index (χ0n) is 8.42. The first kappa shape index (κ1) is 9.71. The summed E-state index contributed by atoms with van der Waals surface area (Å²) in [6.07, 6.45) is 2.04. The highest BCUT2D eigenvalue weighted by Gasteiger charge is 2.32.